The number of hydrogen-bond donors (Lipinski definition) is 2. The van der Waals surface area contributed by atoms with Crippen molar-refractivity contribution >= 4 is 11.8 Å². The van der Waals surface area contributed by atoms with E-state index in [4.69, 9.17) is 0 Å². The molecular formula is C11H14N2S. The van der Waals surface area contributed by atoms with Gasteiger partial charge in [0.25, 0.3) is 0 Å². The first kappa shape index (κ1) is 9.62. The van der Waals surface area contributed by atoms with Gasteiger partial charge in [0, 0.05) is 5.75 Å². The molecule has 2 N–H and O–H groups in total. The van der Waals surface area contributed by atoms with Crippen molar-refractivity contribution in [2.75, 3.05) is 5.75 Å². The summed E-state index contributed by atoms with van der Waals surface area (Å²) in [6.07, 6.45) is 0. The molecule has 1 atom stereocenters. The Hall–Kier alpha value is -0.930. The lowest BCUT2D eigenvalue weighted by atomic mass is 10.1. The van der Waals surface area contributed by atoms with Crippen molar-refractivity contribution in [3.05, 3.63) is 47.0 Å². The summed E-state index contributed by atoms with van der Waals surface area (Å²) in [6.45, 7) is 5.95. The van der Waals surface area contributed by atoms with E-state index in [-0.39, 0.29) is 0 Å². The molecule has 0 saturated carbocycles. The normalized spacial score (nSPS) is 21.8. The molecule has 1 fully saturated rings. The Morgan fingerprint density at radius 2 is 2.07 bits per heavy atom. The van der Waals surface area contributed by atoms with Crippen LogP contribution < -0.4 is 10.9 Å². The van der Waals surface area contributed by atoms with Gasteiger partial charge < -0.3 is 5.43 Å². The van der Waals surface area contributed by atoms with Gasteiger partial charge in [0.1, 0.15) is 0 Å². The average molecular weight is 206 g/mol. The van der Waals surface area contributed by atoms with Crippen LogP contribution in [0.2, 0.25) is 0 Å². The summed E-state index contributed by atoms with van der Waals surface area (Å²) >= 11 is 1.76. The van der Waals surface area contributed by atoms with Crippen LogP contribution in [0.5, 0.6) is 0 Å². The standard InChI is InChI=1S/C11H14N2S/c1-8-3-5-10(6-4-8)11-7-14-9(2)12-13-11/h3-6,11-13H,2,7H2,1H3. The maximum absolute atomic E-state index is 3.85. The van der Waals surface area contributed by atoms with E-state index < -0.39 is 0 Å². The lowest BCUT2D eigenvalue weighted by Gasteiger charge is -2.26. The predicted octanol–water partition coefficient (Wildman–Crippen LogP) is 2.35. The van der Waals surface area contributed by atoms with Gasteiger partial charge >= 0.3 is 0 Å². The van der Waals surface area contributed by atoms with Crippen molar-refractivity contribution in [2.24, 2.45) is 0 Å². The highest BCUT2D eigenvalue weighted by atomic mass is 32.2. The van der Waals surface area contributed by atoms with E-state index >= 15 is 0 Å². The molecule has 0 aliphatic carbocycles. The highest BCUT2D eigenvalue weighted by Crippen LogP contribution is 2.24. The first-order valence-corrected chi connectivity index (χ1v) is 5.64. The van der Waals surface area contributed by atoms with Crippen LogP contribution in [0.1, 0.15) is 17.2 Å². The summed E-state index contributed by atoms with van der Waals surface area (Å²) < 4.78 is 0. The van der Waals surface area contributed by atoms with Crippen LogP contribution >= 0.6 is 11.8 Å². The molecule has 2 rings (SSSR count). The number of hydrazine groups is 1. The van der Waals surface area contributed by atoms with Gasteiger partial charge in [-0.05, 0) is 12.5 Å². The highest BCUT2D eigenvalue weighted by Gasteiger charge is 2.15. The molecule has 1 aromatic carbocycles. The van der Waals surface area contributed by atoms with E-state index in [0.29, 0.717) is 6.04 Å². The molecule has 1 heterocycles. The second kappa shape index (κ2) is 4.07. The van der Waals surface area contributed by atoms with E-state index in [2.05, 4.69) is 48.6 Å². The SMILES string of the molecule is C=C1NNC(c2ccc(C)cc2)CS1. The molecule has 74 valence electrons. The lowest BCUT2D eigenvalue weighted by molar-refractivity contribution is 0.516. The molecule has 0 radical (unpaired) electrons. The van der Waals surface area contributed by atoms with Gasteiger partial charge in [0.05, 0.1) is 11.1 Å². The van der Waals surface area contributed by atoms with Gasteiger partial charge in [-0.1, -0.05) is 36.4 Å². The van der Waals surface area contributed by atoms with Crippen molar-refractivity contribution in [1.29, 1.82) is 0 Å². The Morgan fingerprint density at radius 3 is 2.64 bits per heavy atom. The molecule has 1 aromatic rings. The Balaban J connectivity index is 2.08. The van der Waals surface area contributed by atoms with Crippen LogP contribution in [0.25, 0.3) is 0 Å². The van der Waals surface area contributed by atoms with Gasteiger partial charge in [-0.2, -0.15) is 0 Å². The second-order valence-electron chi connectivity index (χ2n) is 3.47. The molecule has 1 aliphatic rings. The third-order valence-corrected chi connectivity index (χ3v) is 3.24. The first-order chi connectivity index (χ1) is 6.75. The van der Waals surface area contributed by atoms with Gasteiger partial charge in [-0.25, -0.2) is 5.43 Å². The van der Waals surface area contributed by atoms with Crippen LogP contribution in [0.15, 0.2) is 35.9 Å². The zero-order valence-electron chi connectivity index (χ0n) is 8.21. The molecule has 14 heavy (non-hydrogen) atoms. The van der Waals surface area contributed by atoms with Gasteiger partial charge in [0.15, 0.2) is 0 Å². The van der Waals surface area contributed by atoms with E-state index in [1.165, 1.54) is 11.1 Å². The number of thioether (sulfide) groups is 1. The third-order valence-electron chi connectivity index (χ3n) is 2.29. The van der Waals surface area contributed by atoms with Crippen molar-refractivity contribution in [2.45, 2.75) is 13.0 Å². The zero-order chi connectivity index (χ0) is 9.97. The summed E-state index contributed by atoms with van der Waals surface area (Å²) in [5.41, 5.74) is 8.92. The fourth-order valence-corrected chi connectivity index (χ4v) is 2.18. The number of hydrogen-bond acceptors (Lipinski definition) is 3. The molecule has 1 unspecified atom stereocenters. The quantitative estimate of drug-likeness (QED) is 0.737. The van der Waals surface area contributed by atoms with Crippen LogP contribution in [0, 0.1) is 6.92 Å². The first-order valence-electron chi connectivity index (χ1n) is 4.65. The Kier molecular flexibility index (Phi) is 2.79. The van der Waals surface area contributed by atoms with Crippen LogP contribution in [0.4, 0.5) is 0 Å². The molecule has 0 amide bonds. The Morgan fingerprint density at radius 1 is 1.36 bits per heavy atom. The molecule has 0 bridgehead atoms. The minimum atomic E-state index is 0.381. The predicted molar refractivity (Wildman–Crippen MR) is 61.8 cm³/mol. The second-order valence-corrected chi connectivity index (χ2v) is 4.58. The van der Waals surface area contributed by atoms with E-state index in [0.717, 1.165) is 10.8 Å². The monoisotopic (exact) mass is 206 g/mol. The molecular weight excluding hydrogens is 192 g/mol. The third kappa shape index (κ3) is 2.11. The summed E-state index contributed by atoms with van der Waals surface area (Å²) in [4.78, 5) is 0. The highest BCUT2D eigenvalue weighted by molar-refractivity contribution is 8.03. The summed E-state index contributed by atoms with van der Waals surface area (Å²) in [6, 6.07) is 9.01. The average Bonchev–Trinajstić information content (AvgIpc) is 2.21. The minimum absolute atomic E-state index is 0.381. The topological polar surface area (TPSA) is 24.1 Å². The summed E-state index contributed by atoms with van der Waals surface area (Å²) in [5.74, 6) is 1.04. The zero-order valence-corrected chi connectivity index (χ0v) is 9.03. The van der Waals surface area contributed by atoms with Gasteiger partial charge in [-0.3, -0.25) is 0 Å². The largest absolute Gasteiger partial charge is 0.316 e. The molecule has 0 aromatic heterocycles. The Bertz CT molecular complexity index is 322. The van der Waals surface area contributed by atoms with Crippen molar-refractivity contribution in [3.8, 4) is 0 Å². The van der Waals surface area contributed by atoms with Crippen molar-refractivity contribution in [1.82, 2.24) is 10.9 Å². The Labute approximate surface area is 88.8 Å². The maximum atomic E-state index is 3.85. The number of benzene rings is 1. The number of rotatable bonds is 1. The van der Waals surface area contributed by atoms with Crippen LogP contribution in [0.3, 0.4) is 0 Å². The minimum Gasteiger partial charge on any atom is -0.316 e. The smallest absolute Gasteiger partial charge is 0.0751 e. The fourth-order valence-electron chi connectivity index (χ4n) is 1.41. The van der Waals surface area contributed by atoms with Crippen LogP contribution in [-0.2, 0) is 0 Å². The van der Waals surface area contributed by atoms with Gasteiger partial charge in [0.2, 0.25) is 0 Å². The van der Waals surface area contributed by atoms with Gasteiger partial charge in [-0.15, -0.1) is 11.8 Å². The summed E-state index contributed by atoms with van der Waals surface area (Å²) in [7, 11) is 0. The molecule has 0 spiro atoms. The number of aryl methyl sites for hydroxylation is 1. The van der Waals surface area contributed by atoms with Crippen molar-refractivity contribution < 1.29 is 0 Å². The molecule has 2 nitrogen and oxygen atoms in total. The number of nitrogens with one attached hydrogen (secondary N) is 2. The van der Waals surface area contributed by atoms with Crippen LogP contribution in [-0.4, -0.2) is 5.75 Å². The summed E-state index contributed by atoms with van der Waals surface area (Å²) in [5, 5.41) is 0.994. The van der Waals surface area contributed by atoms with Crippen molar-refractivity contribution in [3.63, 3.8) is 0 Å². The van der Waals surface area contributed by atoms with E-state index in [9.17, 15) is 0 Å². The lowest BCUT2D eigenvalue weighted by Crippen LogP contribution is -2.38. The molecule has 1 aliphatic heterocycles. The molecule has 1 saturated heterocycles. The molecule has 3 heteroatoms. The van der Waals surface area contributed by atoms with E-state index in [1.807, 2.05) is 0 Å². The fraction of sp³-hybridized carbons (Fsp3) is 0.273. The maximum Gasteiger partial charge on any atom is 0.0751 e. The van der Waals surface area contributed by atoms with E-state index in [1.54, 1.807) is 11.8 Å².